The van der Waals surface area contributed by atoms with Crippen LogP contribution in [0.5, 0.6) is 5.75 Å². The maximum absolute atomic E-state index is 9.62. The van der Waals surface area contributed by atoms with Gasteiger partial charge in [-0.3, -0.25) is 0 Å². The second kappa shape index (κ2) is 4.49. The highest BCUT2D eigenvalue weighted by Gasteiger charge is 2.23. The fourth-order valence-electron chi connectivity index (χ4n) is 2.18. The Kier molecular flexibility index (Phi) is 3.16. The number of phenolic OH excluding ortho intramolecular Hbond substituents is 1. The molecular formula is C17H20O. The van der Waals surface area contributed by atoms with E-state index in [1.165, 1.54) is 16.7 Å². The van der Waals surface area contributed by atoms with E-state index in [4.69, 9.17) is 0 Å². The van der Waals surface area contributed by atoms with Crippen molar-refractivity contribution in [2.24, 2.45) is 0 Å². The van der Waals surface area contributed by atoms with Crippen molar-refractivity contribution in [1.29, 1.82) is 0 Å². The SMILES string of the molecule is Cc1ccc(C(C)(C)c2ccc(O)c(C)c2)cc1. The van der Waals surface area contributed by atoms with Crippen molar-refractivity contribution in [3.05, 3.63) is 64.7 Å². The van der Waals surface area contributed by atoms with Crippen molar-refractivity contribution >= 4 is 0 Å². The zero-order chi connectivity index (χ0) is 13.3. The van der Waals surface area contributed by atoms with Crippen LogP contribution in [0.3, 0.4) is 0 Å². The number of aromatic hydroxyl groups is 1. The normalized spacial score (nSPS) is 11.6. The van der Waals surface area contributed by atoms with E-state index in [2.05, 4.69) is 51.1 Å². The third-order valence-electron chi connectivity index (χ3n) is 3.69. The van der Waals surface area contributed by atoms with Gasteiger partial charge in [-0.25, -0.2) is 0 Å². The first-order chi connectivity index (χ1) is 8.41. The molecule has 1 N–H and O–H groups in total. The molecular weight excluding hydrogens is 220 g/mol. The molecule has 0 aliphatic rings. The molecule has 1 nitrogen and oxygen atoms in total. The number of hydrogen-bond donors (Lipinski definition) is 1. The van der Waals surface area contributed by atoms with Crippen molar-refractivity contribution in [3.63, 3.8) is 0 Å². The Balaban J connectivity index is 2.46. The number of hydrogen-bond acceptors (Lipinski definition) is 1. The molecule has 0 spiro atoms. The molecule has 0 aromatic heterocycles. The Hall–Kier alpha value is -1.76. The summed E-state index contributed by atoms with van der Waals surface area (Å²) in [5.41, 5.74) is 4.66. The van der Waals surface area contributed by atoms with Gasteiger partial charge >= 0.3 is 0 Å². The van der Waals surface area contributed by atoms with E-state index in [-0.39, 0.29) is 5.41 Å². The Morgan fingerprint density at radius 1 is 0.833 bits per heavy atom. The number of benzene rings is 2. The average molecular weight is 240 g/mol. The molecule has 0 aliphatic heterocycles. The van der Waals surface area contributed by atoms with Crippen LogP contribution in [0, 0.1) is 13.8 Å². The minimum absolute atomic E-state index is 0.0494. The summed E-state index contributed by atoms with van der Waals surface area (Å²) < 4.78 is 0. The molecule has 2 aromatic rings. The van der Waals surface area contributed by atoms with Gasteiger partial charge in [0.15, 0.2) is 0 Å². The van der Waals surface area contributed by atoms with Gasteiger partial charge in [0.2, 0.25) is 0 Å². The second-order valence-electron chi connectivity index (χ2n) is 5.49. The summed E-state index contributed by atoms with van der Waals surface area (Å²) >= 11 is 0. The van der Waals surface area contributed by atoms with Crippen LogP contribution < -0.4 is 0 Å². The van der Waals surface area contributed by atoms with Gasteiger partial charge in [-0.2, -0.15) is 0 Å². The average Bonchev–Trinajstić information content (AvgIpc) is 2.33. The summed E-state index contributed by atoms with van der Waals surface area (Å²) in [5, 5.41) is 9.62. The first kappa shape index (κ1) is 12.7. The van der Waals surface area contributed by atoms with Crippen LogP contribution in [-0.2, 0) is 5.41 Å². The molecule has 0 heterocycles. The molecule has 0 aliphatic carbocycles. The highest BCUT2D eigenvalue weighted by atomic mass is 16.3. The van der Waals surface area contributed by atoms with E-state index in [1.54, 1.807) is 6.07 Å². The van der Waals surface area contributed by atoms with E-state index >= 15 is 0 Å². The highest BCUT2D eigenvalue weighted by Crippen LogP contribution is 2.33. The standard InChI is InChI=1S/C17H20O/c1-12-5-7-14(8-6-12)17(3,4)15-9-10-16(18)13(2)11-15/h5-11,18H,1-4H3. The maximum Gasteiger partial charge on any atom is 0.118 e. The van der Waals surface area contributed by atoms with E-state index in [0.717, 1.165) is 5.56 Å². The van der Waals surface area contributed by atoms with E-state index < -0.39 is 0 Å². The molecule has 0 fully saturated rings. The molecule has 0 amide bonds. The van der Waals surface area contributed by atoms with Gasteiger partial charge in [0, 0.05) is 5.41 Å². The topological polar surface area (TPSA) is 20.2 Å². The smallest absolute Gasteiger partial charge is 0.118 e. The number of phenols is 1. The predicted molar refractivity (Wildman–Crippen MR) is 76.2 cm³/mol. The van der Waals surface area contributed by atoms with Crippen molar-refractivity contribution in [2.75, 3.05) is 0 Å². The molecule has 94 valence electrons. The van der Waals surface area contributed by atoms with Crippen LogP contribution in [-0.4, -0.2) is 5.11 Å². The van der Waals surface area contributed by atoms with Crippen molar-refractivity contribution < 1.29 is 5.11 Å². The number of aryl methyl sites for hydroxylation is 2. The summed E-state index contributed by atoms with van der Waals surface area (Å²) in [6.07, 6.45) is 0. The summed E-state index contributed by atoms with van der Waals surface area (Å²) in [5.74, 6) is 0.360. The van der Waals surface area contributed by atoms with Crippen LogP contribution in [0.2, 0.25) is 0 Å². The van der Waals surface area contributed by atoms with E-state index in [0.29, 0.717) is 5.75 Å². The maximum atomic E-state index is 9.62. The van der Waals surface area contributed by atoms with E-state index in [1.807, 2.05) is 13.0 Å². The first-order valence-electron chi connectivity index (χ1n) is 6.28. The molecule has 2 rings (SSSR count). The monoisotopic (exact) mass is 240 g/mol. The van der Waals surface area contributed by atoms with Crippen LogP contribution in [0.1, 0.15) is 36.1 Å². The van der Waals surface area contributed by atoms with Gasteiger partial charge in [-0.15, -0.1) is 0 Å². The van der Waals surface area contributed by atoms with Gasteiger partial charge in [-0.1, -0.05) is 55.8 Å². The second-order valence-corrected chi connectivity index (χ2v) is 5.49. The van der Waals surface area contributed by atoms with Gasteiger partial charge in [0.05, 0.1) is 0 Å². The first-order valence-corrected chi connectivity index (χ1v) is 6.28. The molecule has 0 saturated heterocycles. The highest BCUT2D eigenvalue weighted by molar-refractivity contribution is 5.43. The summed E-state index contributed by atoms with van der Waals surface area (Å²) in [4.78, 5) is 0. The minimum atomic E-state index is -0.0494. The lowest BCUT2D eigenvalue weighted by molar-refractivity contribution is 0.470. The third-order valence-corrected chi connectivity index (χ3v) is 3.69. The third kappa shape index (κ3) is 2.26. The summed E-state index contributed by atoms with van der Waals surface area (Å²) in [7, 11) is 0. The number of rotatable bonds is 2. The molecule has 0 atom stereocenters. The van der Waals surface area contributed by atoms with Crippen LogP contribution in [0.15, 0.2) is 42.5 Å². The molecule has 0 radical (unpaired) electrons. The zero-order valence-corrected chi connectivity index (χ0v) is 11.5. The molecule has 1 heteroatoms. The summed E-state index contributed by atoms with van der Waals surface area (Å²) in [6.45, 7) is 8.46. The van der Waals surface area contributed by atoms with Crippen LogP contribution in [0.4, 0.5) is 0 Å². The van der Waals surface area contributed by atoms with Gasteiger partial charge in [0.25, 0.3) is 0 Å². The largest absolute Gasteiger partial charge is 0.508 e. The van der Waals surface area contributed by atoms with Gasteiger partial charge in [0.1, 0.15) is 5.75 Å². The Morgan fingerprint density at radius 2 is 1.39 bits per heavy atom. The van der Waals surface area contributed by atoms with Crippen LogP contribution in [0.25, 0.3) is 0 Å². The summed E-state index contributed by atoms with van der Waals surface area (Å²) in [6, 6.07) is 14.5. The fraction of sp³-hybridized carbons (Fsp3) is 0.294. The van der Waals surface area contributed by atoms with Crippen molar-refractivity contribution in [2.45, 2.75) is 33.1 Å². The van der Waals surface area contributed by atoms with Gasteiger partial charge in [-0.05, 0) is 36.6 Å². The van der Waals surface area contributed by atoms with E-state index in [9.17, 15) is 5.11 Å². The quantitative estimate of drug-likeness (QED) is 0.828. The van der Waals surface area contributed by atoms with Gasteiger partial charge < -0.3 is 5.11 Å². The van der Waals surface area contributed by atoms with Crippen molar-refractivity contribution in [1.82, 2.24) is 0 Å². The van der Waals surface area contributed by atoms with Crippen LogP contribution >= 0.6 is 0 Å². The Labute approximate surface area is 109 Å². The molecule has 0 bridgehead atoms. The fourth-order valence-corrected chi connectivity index (χ4v) is 2.18. The lowest BCUT2D eigenvalue weighted by atomic mass is 9.77. The Morgan fingerprint density at radius 3 is 1.94 bits per heavy atom. The molecule has 2 aromatic carbocycles. The minimum Gasteiger partial charge on any atom is -0.508 e. The predicted octanol–water partition coefficient (Wildman–Crippen LogP) is 4.33. The molecule has 0 saturated carbocycles. The van der Waals surface area contributed by atoms with Crippen molar-refractivity contribution in [3.8, 4) is 5.75 Å². The Bertz CT molecular complexity index is 550. The zero-order valence-electron chi connectivity index (χ0n) is 11.5. The lowest BCUT2D eigenvalue weighted by Crippen LogP contribution is -2.18. The lowest BCUT2D eigenvalue weighted by Gasteiger charge is -2.26. The molecule has 18 heavy (non-hydrogen) atoms. The molecule has 0 unspecified atom stereocenters.